The zero-order valence-electron chi connectivity index (χ0n) is 11.0. The van der Waals surface area contributed by atoms with Gasteiger partial charge < -0.3 is 15.2 Å². The van der Waals surface area contributed by atoms with Crippen molar-refractivity contribution in [3.8, 4) is 0 Å². The van der Waals surface area contributed by atoms with Gasteiger partial charge in [0.25, 0.3) is 5.56 Å². The summed E-state index contributed by atoms with van der Waals surface area (Å²) in [6.07, 6.45) is 3.01. The van der Waals surface area contributed by atoms with Gasteiger partial charge in [-0.1, -0.05) is 13.8 Å². The lowest BCUT2D eigenvalue weighted by molar-refractivity contribution is -0.116. The molecular formula is C13H21N3O2. The minimum atomic E-state index is -0.0438. The lowest BCUT2D eigenvalue weighted by Crippen LogP contribution is -2.23. The van der Waals surface area contributed by atoms with Gasteiger partial charge in [0.1, 0.15) is 0 Å². The van der Waals surface area contributed by atoms with Crippen LogP contribution in [0.15, 0.2) is 23.1 Å². The van der Waals surface area contributed by atoms with Crippen molar-refractivity contribution in [1.82, 2.24) is 9.88 Å². The molecule has 1 heterocycles. The van der Waals surface area contributed by atoms with Crippen LogP contribution in [0.25, 0.3) is 0 Å². The molecule has 0 aliphatic heterocycles. The summed E-state index contributed by atoms with van der Waals surface area (Å²) in [4.78, 5) is 23.1. The van der Waals surface area contributed by atoms with Gasteiger partial charge in [-0.3, -0.25) is 9.59 Å². The topological polar surface area (TPSA) is 63.1 Å². The predicted octanol–water partition coefficient (Wildman–Crippen LogP) is 1.20. The van der Waals surface area contributed by atoms with Crippen LogP contribution in [0.2, 0.25) is 0 Å². The van der Waals surface area contributed by atoms with Crippen LogP contribution >= 0.6 is 0 Å². The van der Waals surface area contributed by atoms with Crippen LogP contribution in [0, 0.1) is 0 Å². The van der Waals surface area contributed by atoms with Crippen LogP contribution in [-0.2, 0) is 11.3 Å². The summed E-state index contributed by atoms with van der Waals surface area (Å²) in [6, 6.07) is 3.12. The fourth-order valence-electron chi connectivity index (χ4n) is 1.62. The number of nitrogens with one attached hydrogen (secondary N) is 2. The molecule has 1 rings (SSSR count). The Morgan fingerprint density at radius 2 is 2.11 bits per heavy atom. The number of hydrogen-bond donors (Lipinski definition) is 2. The third kappa shape index (κ3) is 4.71. The summed E-state index contributed by atoms with van der Waals surface area (Å²) < 4.78 is 1.61. The summed E-state index contributed by atoms with van der Waals surface area (Å²) in [5.41, 5.74) is 0.632. The van der Waals surface area contributed by atoms with Crippen molar-refractivity contribution in [3.05, 3.63) is 28.7 Å². The quantitative estimate of drug-likeness (QED) is 0.716. The monoisotopic (exact) mass is 251 g/mol. The first-order valence-corrected chi connectivity index (χ1v) is 6.38. The number of carbonyl (C=O) groups is 1. The number of carbonyl (C=O) groups excluding carboxylic acids is 1. The molecule has 5 heteroatoms. The number of hydrogen-bond acceptors (Lipinski definition) is 3. The summed E-state index contributed by atoms with van der Waals surface area (Å²) in [5, 5.41) is 5.88. The third-order valence-electron chi connectivity index (χ3n) is 2.51. The van der Waals surface area contributed by atoms with E-state index in [1.54, 1.807) is 16.8 Å². The second kappa shape index (κ2) is 7.66. The Bertz CT molecular complexity index is 440. The molecule has 1 amide bonds. The van der Waals surface area contributed by atoms with Crippen LogP contribution < -0.4 is 16.2 Å². The lowest BCUT2D eigenvalue weighted by Gasteiger charge is -2.08. The minimum Gasteiger partial charge on any atom is -0.325 e. The van der Waals surface area contributed by atoms with E-state index in [9.17, 15) is 9.59 Å². The standard InChI is InChI=1S/C13H21N3O2/c1-3-9-16-10-11(5-6-13(16)18)15-12(17)7-8-14-4-2/h5-6,10,14H,3-4,7-9H2,1-2H3,(H,15,17). The molecule has 0 atom stereocenters. The van der Waals surface area contributed by atoms with Crippen LogP contribution in [0.3, 0.4) is 0 Å². The molecule has 0 aliphatic carbocycles. The molecule has 1 aromatic heterocycles. The highest BCUT2D eigenvalue weighted by atomic mass is 16.1. The van der Waals surface area contributed by atoms with Crippen molar-refractivity contribution < 1.29 is 4.79 Å². The van der Waals surface area contributed by atoms with Gasteiger partial charge in [-0.25, -0.2) is 0 Å². The van der Waals surface area contributed by atoms with Crippen LogP contribution in [-0.4, -0.2) is 23.6 Å². The normalized spacial score (nSPS) is 10.3. The van der Waals surface area contributed by atoms with E-state index in [1.807, 2.05) is 13.8 Å². The van der Waals surface area contributed by atoms with Gasteiger partial charge in [0.2, 0.25) is 5.91 Å². The minimum absolute atomic E-state index is 0.0394. The molecule has 0 fully saturated rings. The van der Waals surface area contributed by atoms with Gasteiger partial charge in [0, 0.05) is 31.8 Å². The van der Waals surface area contributed by atoms with Gasteiger partial charge in [0.05, 0.1) is 5.69 Å². The average Bonchev–Trinajstić information content (AvgIpc) is 2.34. The molecule has 0 saturated carbocycles. The summed E-state index contributed by atoms with van der Waals surface area (Å²) in [6.45, 7) is 6.19. The van der Waals surface area contributed by atoms with Crippen molar-refractivity contribution in [2.75, 3.05) is 18.4 Å². The molecule has 0 unspecified atom stereocenters. The maximum Gasteiger partial charge on any atom is 0.250 e. The maximum absolute atomic E-state index is 11.6. The highest BCUT2D eigenvalue weighted by molar-refractivity contribution is 5.90. The lowest BCUT2D eigenvalue weighted by atomic mass is 10.3. The van der Waals surface area contributed by atoms with Gasteiger partial charge in [-0.15, -0.1) is 0 Å². The molecule has 100 valence electrons. The Labute approximate surface area is 107 Å². The number of anilines is 1. The molecule has 0 bridgehead atoms. The first-order valence-electron chi connectivity index (χ1n) is 6.38. The summed E-state index contributed by atoms with van der Waals surface area (Å²) >= 11 is 0. The number of aryl methyl sites for hydroxylation is 1. The first-order chi connectivity index (χ1) is 8.67. The number of aromatic nitrogens is 1. The van der Waals surface area contributed by atoms with Crippen molar-refractivity contribution in [1.29, 1.82) is 0 Å². The van der Waals surface area contributed by atoms with E-state index in [0.29, 0.717) is 25.2 Å². The molecule has 2 N–H and O–H groups in total. The number of rotatable bonds is 7. The van der Waals surface area contributed by atoms with Crippen molar-refractivity contribution in [2.45, 2.75) is 33.2 Å². The van der Waals surface area contributed by atoms with E-state index >= 15 is 0 Å². The molecule has 0 aliphatic rings. The van der Waals surface area contributed by atoms with E-state index in [1.165, 1.54) is 6.07 Å². The Morgan fingerprint density at radius 3 is 2.78 bits per heavy atom. The zero-order valence-corrected chi connectivity index (χ0v) is 11.0. The number of amides is 1. The zero-order chi connectivity index (χ0) is 13.4. The van der Waals surface area contributed by atoms with Gasteiger partial charge in [-0.2, -0.15) is 0 Å². The highest BCUT2D eigenvalue weighted by Crippen LogP contribution is 2.04. The van der Waals surface area contributed by atoms with E-state index in [-0.39, 0.29) is 11.5 Å². The Kier molecular flexibility index (Phi) is 6.14. The maximum atomic E-state index is 11.6. The van der Waals surface area contributed by atoms with E-state index < -0.39 is 0 Å². The largest absolute Gasteiger partial charge is 0.325 e. The predicted molar refractivity (Wildman–Crippen MR) is 72.8 cm³/mol. The van der Waals surface area contributed by atoms with E-state index in [2.05, 4.69) is 10.6 Å². The molecule has 0 saturated heterocycles. The van der Waals surface area contributed by atoms with E-state index in [4.69, 9.17) is 0 Å². The second-order valence-corrected chi connectivity index (χ2v) is 4.10. The van der Waals surface area contributed by atoms with Gasteiger partial charge in [0.15, 0.2) is 0 Å². The van der Waals surface area contributed by atoms with Crippen molar-refractivity contribution in [3.63, 3.8) is 0 Å². The van der Waals surface area contributed by atoms with Crippen LogP contribution in [0.1, 0.15) is 26.7 Å². The molecular weight excluding hydrogens is 230 g/mol. The van der Waals surface area contributed by atoms with Crippen molar-refractivity contribution >= 4 is 11.6 Å². The number of pyridine rings is 1. The average molecular weight is 251 g/mol. The molecule has 18 heavy (non-hydrogen) atoms. The van der Waals surface area contributed by atoms with Gasteiger partial charge in [-0.05, 0) is 19.0 Å². The summed E-state index contributed by atoms with van der Waals surface area (Å²) in [7, 11) is 0. The summed E-state index contributed by atoms with van der Waals surface area (Å²) in [5.74, 6) is -0.0438. The van der Waals surface area contributed by atoms with Crippen molar-refractivity contribution in [2.24, 2.45) is 0 Å². The smallest absolute Gasteiger partial charge is 0.250 e. The third-order valence-corrected chi connectivity index (χ3v) is 2.51. The second-order valence-electron chi connectivity index (χ2n) is 4.10. The Morgan fingerprint density at radius 1 is 1.33 bits per heavy atom. The van der Waals surface area contributed by atoms with Gasteiger partial charge >= 0.3 is 0 Å². The molecule has 0 spiro atoms. The fourth-order valence-corrected chi connectivity index (χ4v) is 1.62. The first kappa shape index (κ1) is 14.4. The molecule has 5 nitrogen and oxygen atoms in total. The van der Waals surface area contributed by atoms with E-state index in [0.717, 1.165) is 13.0 Å². The highest BCUT2D eigenvalue weighted by Gasteiger charge is 2.03. The number of nitrogens with zero attached hydrogens (tertiary/aromatic N) is 1. The van der Waals surface area contributed by atoms with Crippen LogP contribution in [0.4, 0.5) is 5.69 Å². The van der Waals surface area contributed by atoms with Crippen LogP contribution in [0.5, 0.6) is 0 Å². The fraction of sp³-hybridized carbons (Fsp3) is 0.538. The Hall–Kier alpha value is -1.62. The molecule has 0 aromatic carbocycles. The molecule has 1 aromatic rings. The Balaban J connectivity index is 2.59. The SMILES string of the molecule is CCCn1cc(NC(=O)CCNCC)ccc1=O. The molecule has 0 radical (unpaired) electrons.